The van der Waals surface area contributed by atoms with E-state index in [0.29, 0.717) is 6.04 Å². The molecule has 3 unspecified atom stereocenters. The maximum Gasteiger partial charge on any atom is 0.112 e. The molecule has 1 aliphatic heterocycles. The van der Waals surface area contributed by atoms with Crippen molar-refractivity contribution in [2.75, 3.05) is 0 Å². The van der Waals surface area contributed by atoms with Crippen LogP contribution in [0.15, 0.2) is 0 Å². The second-order valence-corrected chi connectivity index (χ2v) is 4.14. The zero-order valence-corrected chi connectivity index (χ0v) is 7.48. The molecular weight excluding hydrogens is 154 g/mol. The van der Waals surface area contributed by atoms with Crippen LogP contribution in [0.3, 0.4) is 0 Å². The minimum Gasteiger partial charge on any atom is -0.378 e. The van der Waals surface area contributed by atoms with Crippen LogP contribution < -0.4 is 0 Å². The van der Waals surface area contributed by atoms with Gasteiger partial charge in [0.2, 0.25) is 0 Å². The summed E-state index contributed by atoms with van der Waals surface area (Å²) in [5, 5.41) is 19.4. The van der Waals surface area contributed by atoms with Crippen molar-refractivity contribution in [2.45, 2.75) is 51.1 Å². The lowest BCUT2D eigenvalue weighted by Crippen LogP contribution is -2.48. The van der Waals surface area contributed by atoms with Gasteiger partial charge in [0.05, 0.1) is 0 Å². The van der Waals surface area contributed by atoms with E-state index in [2.05, 4.69) is 0 Å². The van der Waals surface area contributed by atoms with Crippen LogP contribution in [0.5, 0.6) is 0 Å². The molecule has 2 aliphatic rings. The Hall–Kier alpha value is -0.120. The number of hydrogen-bond acceptors (Lipinski definition) is 3. The van der Waals surface area contributed by atoms with Gasteiger partial charge in [-0.25, -0.2) is 4.90 Å². The molecule has 3 nitrogen and oxygen atoms in total. The molecule has 0 aromatic carbocycles. The van der Waals surface area contributed by atoms with Crippen LogP contribution in [0.2, 0.25) is 0 Å². The van der Waals surface area contributed by atoms with Gasteiger partial charge in [-0.15, -0.1) is 0 Å². The molecule has 1 saturated heterocycles. The van der Waals surface area contributed by atoms with E-state index < -0.39 is 12.5 Å². The van der Waals surface area contributed by atoms with Crippen molar-refractivity contribution >= 4 is 0 Å². The van der Waals surface area contributed by atoms with Crippen molar-refractivity contribution in [2.24, 2.45) is 5.92 Å². The van der Waals surface area contributed by atoms with E-state index >= 15 is 0 Å². The Labute approximate surface area is 73.0 Å². The highest BCUT2D eigenvalue weighted by Gasteiger charge is 2.42. The van der Waals surface area contributed by atoms with Gasteiger partial charge in [0.1, 0.15) is 12.5 Å². The molecule has 1 heterocycles. The standard InChI is InChI=1S/C9H17NO2/c1-6-5-8(11)10(9(6)12)7-3-2-4-7/h6-9,11-12H,2-5H2,1H3. The zero-order valence-electron chi connectivity index (χ0n) is 7.48. The van der Waals surface area contributed by atoms with Gasteiger partial charge in [0.25, 0.3) is 0 Å². The fourth-order valence-electron chi connectivity index (χ4n) is 2.19. The first-order chi connectivity index (χ1) is 5.70. The summed E-state index contributed by atoms with van der Waals surface area (Å²) in [5.74, 6) is 0.223. The van der Waals surface area contributed by atoms with Gasteiger partial charge in [-0.2, -0.15) is 0 Å². The summed E-state index contributed by atoms with van der Waals surface area (Å²) in [7, 11) is 0. The first kappa shape index (κ1) is 8.48. The Morgan fingerprint density at radius 2 is 1.92 bits per heavy atom. The van der Waals surface area contributed by atoms with E-state index in [0.717, 1.165) is 19.3 Å². The monoisotopic (exact) mass is 171 g/mol. The van der Waals surface area contributed by atoms with Gasteiger partial charge in [-0.3, -0.25) is 0 Å². The largest absolute Gasteiger partial charge is 0.378 e. The molecule has 2 N–H and O–H groups in total. The zero-order chi connectivity index (χ0) is 8.72. The van der Waals surface area contributed by atoms with Gasteiger partial charge in [0.15, 0.2) is 0 Å². The Bertz CT molecular complexity index is 168. The molecule has 0 spiro atoms. The third kappa shape index (κ3) is 1.16. The third-order valence-electron chi connectivity index (χ3n) is 3.24. The maximum absolute atomic E-state index is 9.73. The molecule has 2 fully saturated rings. The summed E-state index contributed by atoms with van der Waals surface area (Å²) >= 11 is 0. The molecule has 3 heteroatoms. The smallest absolute Gasteiger partial charge is 0.112 e. The van der Waals surface area contributed by atoms with E-state index in [9.17, 15) is 10.2 Å². The molecule has 0 aromatic heterocycles. The van der Waals surface area contributed by atoms with Gasteiger partial charge in [-0.05, 0) is 25.2 Å². The highest BCUT2D eigenvalue weighted by atomic mass is 16.3. The van der Waals surface area contributed by atoms with Gasteiger partial charge in [0, 0.05) is 6.04 Å². The molecule has 2 rings (SSSR count). The Morgan fingerprint density at radius 3 is 2.25 bits per heavy atom. The van der Waals surface area contributed by atoms with Crippen molar-refractivity contribution in [1.29, 1.82) is 0 Å². The van der Waals surface area contributed by atoms with E-state index in [1.165, 1.54) is 6.42 Å². The fraction of sp³-hybridized carbons (Fsp3) is 1.00. The van der Waals surface area contributed by atoms with E-state index in [1.807, 2.05) is 11.8 Å². The number of nitrogens with zero attached hydrogens (tertiary/aromatic N) is 1. The summed E-state index contributed by atoms with van der Waals surface area (Å²) in [6, 6.07) is 0.444. The Balaban J connectivity index is 2.02. The normalized spacial score (nSPS) is 44.8. The topological polar surface area (TPSA) is 43.7 Å². The van der Waals surface area contributed by atoms with Crippen molar-refractivity contribution in [1.82, 2.24) is 4.90 Å². The number of likely N-dealkylation sites (tertiary alicyclic amines) is 1. The van der Waals surface area contributed by atoms with Crippen LogP contribution in [-0.4, -0.2) is 33.6 Å². The van der Waals surface area contributed by atoms with Crippen molar-refractivity contribution in [3.63, 3.8) is 0 Å². The SMILES string of the molecule is CC1CC(O)N(C2CCC2)C1O. The average Bonchev–Trinajstić information content (AvgIpc) is 2.13. The van der Waals surface area contributed by atoms with Crippen LogP contribution in [0.25, 0.3) is 0 Å². The molecule has 1 aliphatic carbocycles. The molecule has 3 atom stereocenters. The highest BCUT2D eigenvalue weighted by molar-refractivity contribution is 4.89. The predicted octanol–water partition coefficient (Wildman–Crippen LogP) is 0.518. The number of rotatable bonds is 1. The third-order valence-corrected chi connectivity index (χ3v) is 3.24. The minimum absolute atomic E-state index is 0.223. The van der Waals surface area contributed by atoms with Crippen LogP contribution in [0.4, 0.5) is 0 Å². The number of hydrogen-bond donors (Lipinski definition) is 2. The first-order valence-electron chi connectivity index (χ1n) is 4.83. The van der Waals surface area contributed by atoms with Crippen LogP contribution in [0, 0.1) is 5.92 Å². The molecular formula is C9H17NO2. The Kier molecular flexibility index (Phi) is 2.10. The molecule has 70 valence electrons. The van der Waals surface area contributed by atoms with Crippen LogP contribution >= 0.6 is 0 Å². The quantitative estimate of drug-likeness (QED) is 0.604. The first-order valence-corrected chi connectivity index (χ1v) is 4.83. The second kappa shape index (κ2) is 2.98. The number of aliphatic hydroxyl groups is 2. The van der Waals surface area contributed by atoms with Gasteiger partial charge in [-0.1, -0.05) is 13.3 Å². The average molecular weight is 171 g/mol. The molecule has 0 aromatic rings. The fourth-order valence-corrected chi connectivity index (χ4v) is 2.19. The Morgan fingerprint density at radius 1 is 1.25 bits per heavy atom. The number of aliphatic hydroxyl groups excluding tert-OH is 2. The lowest BCUT2D eigenvalue weighted by atomic mass is 9.91. The molecule has 0 amide bonds. The highest BCUT2D eigenvalue weighted by Crippen LogP contribution is 2.35. The van der Waals surface area contributed by atoms with E-state index in [1.54, 1.807) is 0 Å². The summed E-state index contributed by atoms with van der Waals surface area (Å²) < 4.78 is 0. The lowest BCUT2D eigenvalue weighted by molar-refractivity contribution is -0.103. The van der Waals surface area contributed by atoms with Crippen LogP contribution in [0.1, 0.15) is 32.6 Å². The van der Waals surface area contributed by atoms with E-state index in [-0.39, 0.29) is 5.92 Å². The van der Waals surface area contributed by atoms with Crippen molar-refractivity contribution in [3.05, 3.63) is 0 Å². The molecule has 0 radical (unpaired) electrons. The van der Waals surface area contributed by atoms with Gasteiger partial charge < -0.3 is 10.2 Å². The summed E-state index contributed by atoms with van der Waals surface area (Å²) in [6.07, 6.45) is 3.43. The lowest BCUT2D eigenvalue weighted by Gasteiger charge is -2.38. The molecule has 12 heavy (non-hydrogen) atoms. The summed E-state index contributed by atoms with van der Waals surface area (Å²) in [6.45, 7) is 1.99. The molecule has 1 saturated carbocycles. The minimum atomic E-state index is -0.412. The van der Waals surface area contributed by atoms with Crippen molar-refractivity contribution in [3.8, 4) is 0 Å². The molecule has 0 bridgehead atoms. The van der Waals surface area contributed by atoms with Crippen LogP contribution in [-0.2, 0) is 0 Å². The summed E-state index contributed by atoms with van der Waals surface area (Å²) in [5.41, 5.74) is 0. The van der Waals surface area contributed by atoms with E-state index in [4.69, 9.17) is 0 Å². The van der Waals surface area contributed by atoms with Crippen molar-refractivity contribution < 1.29 is 10.2 Å². The summed E-state index contributed by atoms with van der Waals surface area (Å²) in [4.78, 5) is 1.88. The van der Waals surface area contributed by atoms with Gasteiger partial charge >= 0.3 is 0 Å². The predicted molar refractivity (Wildman–Crippen MR) is 45.3 cm³/mol. The maximum atomic E-state index is 9.73. The second-order valence-electron chi connectivity index (χ2n) is 4.14.